The van der Waals surface area contributed by atoms with Crippen LogP contribution in [0.15, 0.2) is 0 Å². The fraction of sp³-hybridized carbons (Fsp3) is 0.800. The van der Waals surface area contributed by atoms with Crippen LogP contribution in [0.2, 0.25) is 0 Å². The molecule has 0 aromatic carbocycles. The summed E-state index contributed by atoms with van der Waals surface area (Å²) in [7, 11) is 0. The van der Waals surface area contributed by atoms with Crippen LogP contribution in [0.5, 0.6) is 0 Å². The summed E-state index contributed by atoms with van der Waals surface area (Å²) in [6.45, 7) is 0.514. The number of rotatable bonds is 5. The van der Waals surface area contributed by atoms with Crippen molar-refractivity contribution in [2.75, 3.05) is 18.6 Å². The molecule has 0 aromatic rings. The van der Waals surface area contributed by atoms with E-state index in [4.69, 9.17) is 5.73 Å². The Balaban J connectivity index is 2.25. The van der Waals surface area contributed by atoms with Crippen molar-refractivity contribution in [3.63, 3.8) is 0 Å². The maximum atomic E-state index is 11.6. The zero-order valence-corrected chi connectivity index (χ0v) is 10.3. The lowest BCUT2D eigenvalue weighted by molar-refractivity contribution is -0.126. The summed E-state index contributed by atoms with van der Waals surface area (Å²) in [5.74, 6) is 0.822. The number of thioether (sulfide) groups is 1. The van der Waals surface area contributed by atoms with Gasteiger partial charge in [0.15, 0.2) is 0 Å². The summed E-state index contributed by atoms with van der Waals surface area (Å²) < 4.78 is 0. The van der Waals surface area contributed by atoms with E-state index in [0.717, 1.165) is 5.75 Å². The Morgan fingerprint density at radius 2 is 2.50 bits per heavy atom. The first-order chi connectivity index (χ1) is 7.63. The molecule has 2 amide bonds. The molecular formula is C10H19N3O2S. The van der Waals surface area contributed by atoms with Crippen molar-refractivity contribution in [3.05, 3.63) is 0 Å². The van der Waals surface area contributed by atoms with Gasteiger partial charge in [-0.05, 0) is 24.9 Å². The van der Waals surface area contributed by atoms with Crippen molar-refractivity contribution < 1.29 is 9.59 Å². The van der Waals surface area contributed by atoms with Crippen LogP contribution in [0, 0.1) is 0 Å². The Bertz CT molecular complexity index is 250. The fourth-order valence-electron chi connectivity index (χ4n) is 1.54. The molecule has 5 nitrogen and oxygen atoms in total. The molecule has 92 valence electrons. The van der Waals surface area contributed by atoms with Gasteiger partial charge >= 0.3 is 0 Å². The van der Waals surface area contributed by atoms with E-state index in [1.54, 1.807) is 11.8 Å². The van der Waals surface area contributed by atoms with Crippen molar-refractivity contribution in [2.45, 2.75) is 31.3 Å². The second-order valence-electron chi connectivity index (χ2n) is 3.94. The van der Waals surface area contributed by atoms with E-state index in [9.17, 15) is 9.59 Å². The second-order valence-corrected chi connectivity index (χ2v) is 4.92. The van der Waals surface area contributed by atoms with Crippen molar-refractivity contribution in [1.82, 2.24) is 10.6 Å². The standard InChI is InChI=1S/C10H19N3O2S/c1-16-5-4-8(11)10(15)13-7-2-3-9(14)12-6-7/h7-8H,2-6,11H2,1H3,(H,12,14)(H,13,15)/t7?,8-/m0/s1. The predicted molar refractivity (Wildman–Crippen MR) is 65.1 cm³/mol. The molecule has 1 fully saturated rings. The smallest absolute Gasteiger partial charge is 0.237 e. The van der Waals surface area contributed by atoms with Crippen LogP contribution in [0.25, 0.3) is 0 Å². The van der Waals surface area contributed by atoms with Gasteiger partial charge in [-0.15, -0.1) is 0 Å². The SMILES string of the molecule is CSCC[C@H](N)C(=O)NC1CCC(=O)NC1. The van der Waals surface area contributed by atoms with Crippen molar-refractivity contribution in [1.29, 1.82) is 0 Å². The monoisotopic (exact) mass is 245 g/mol. The van der Waals surface area contributed by atoms with Crippen LogP contribution < -0.4 is 16.4 Å². The summed E-state index contributed by atoms with van der Waals surface area (Å²) in [6.07, 6.45) is 3.85. The maximum absolute atomic E-state index is 11.6. The minimum absolute atomic E-state index is 0.0329. The Morgan fingerprint density at radius 3 is 3.06 bits per heavy atom. The molecule has 0 aliphatic carbocycles. The van der Waals surface area contributed by atoms with E-state index in [0.29, 0.717) is 25.8 Å². The Kier molecular flexibility index (Phi) is 5.62. The van der Waals surface area contributed by atoms with E-state index in [-0.39, 0.29) is 17.9 Å². The molecular weight excluding hydrogens is 226 g/mol. The lowest BCUT2D eigenvalue weighted by atomic mass is 10.1. The van der Waals surface area contributed by atoms with Gasteiger partial charge in [-0.3, -0.25) is 9.59 Å². The molecule has 1 rings (SSSR count). The average Bonchev–Trinajstić information content (AvgIpc) is 2.29. The highest BCUT2D eigenvalue weighted by atomic mass is 32.2. The zero-order chi connectivity index (χ0) is 12.0. The average molecular weight is 245 g/mol. The van der Waals surface area contributed by atoms with Crippen LogP contribution >= 0.6 is 11.8 Å². The highest BCUT2D eigenvalue weighted by Crippen LogP contribution is 2.04. The molecule has 4 N–H and O–H groups in total. The number of carbonyl (C=O) groups excluding carboxylic acids is 2. The molecule has 0 bridgehead atoms. The van der Waals surface area contributed by atoms with Gasteiger partial charge in [0.1, 0.15) is 0 Å². The lowest BCUT2D eigenvalue weighted by Gasteiger charge is -2.24. The van der Waals surface area contributed by atoms with E-state index in [2.05, 4.69) is 10.6 Å². The molecule has 1 unspecified atom stereocenters. The van der Waals surface area contributed by atoms with Gasteiger partial charge in [0.25, 0.3) is 0 Å². The van der Waals surface area contributed by atoms with Crippen molar-refractivity contribution in [2.24, 2.45) is 5.73 Å². The van der Waals surface area contributed by atoms with Gasteiger partial charge in [0, 0.05) is 19.0 Å². The van der Waals surface area contributed by atoms with E-state index in [1.807, 2.05) is 6.26 Å². The van der Waals surface area contributed by atoms with Gasteiger partial charge < -0.3 is 16.4 Å². The first-order valence-corrected chi connectivity index (χ1v) is 6.84. The van der Waals surface area contributed by atoms with Crippen molar-refractivity contribution >= 4 is 23.6 Å². The molecule has 1 heterocycles. The predicted octanol–water partition coefficient (Wildman–Crippen LogP) is -0.538. The van der Waals surface area contributed by atoms with E-state index < -0.39 is 6.04 Å². The summed E-state index contributed by atoms with van der Waals surface area (Å²) >= 11 is 1.68. The Hall–Kier alpha value is -0.750. The zero-order valence-electron chi connectivity index (χ0n) is 9.49. The quantitative estimate of drug-likeness (QED) is 0.607. The fourth-order valence-corrected chi connectivity index (χ4v) is 2.03. The second kappa shape index (κ2) is 6.75. The van der Waals surface area contributed by atoms with Gasteiger partial charge in [-0.25, -0.2) is 0 Å². The van der Waals surface area contributed by atoms with Crippen LogP contribution in [0.4, 0.5) is 0 Å². The number of carbonyl (C=O) groups is 2. The van der Waals surface area contributed by atoms with Crippen molar-refractivity contribution in [3.8, 4) is 0 Å². The molecule has 1 aliphatic heterocycles. The number of hydrogen-bond donors (Lipinski definition) is 3. The summed E-state index contributed by atoms with van der Waals surface area (Å²) in [5.41, 5.74) is 5.74. The Morgan fingerprint density at radius 1 is 1.75 bits per heavy atom. The van der Waals surface area contributed by atoms with Gasteiger partial charge in [-0.2, -0.15) is 11.8 Å². The highest BCUT2D eigenvalue weighted by molar-refractivity contribution is 7.98. The molecule has 0 saturated carbocycles. The van der Waals surface area contributed by atoms with Gasteiger partial charge in [-0.1, -0.05) is 0 Å². The third-order valence-electron chi connectivity index (χ3n) is 2.58. The molecule has 0 aromatic heterocycles. The molecule has 0 spiro atoms. The molecule has 2 atom stereocenters. The van der Waals surface area contributed by atoms with Crippen LogP contribution in [0.1, 0.15) is 19.3 Å². The molecule has 6 heteroatoms. The third kappa shape index (κ3) is 4.40. The normalized spacial score (nSPS) is 22.4. The minimum Gasteiger partial charge on any atom is -0.354 e. The number of piperidine rings is 1. The van der Waals surface area contributed by atoms with E-state index in [1.165, 1.54) is 0 Å². The van der Waals surface area contributed by atoms with Crippen LogP contribution in [-0.4, -0.2) is 42.5 Å². The number of nitrogens with two attached hydrogens (primary N) is 1. The summed E-state index contributed by atoms with van der Waals surface area (Å²) in [4.78, 5) is 22.6. The number of nitrogens with one attached hydrogen (secondary N) is 2. The first-order valence-electron chi connectivity index (χ1n) is 5.45. The van der Waals surface area contributed by atoms with Crippen LogP contribution in [-0.2, 0) is 9.59 Å². The summed E-state index contributed by atoms with van der Waals surface area (Å²) in [6, 6.07) is -0.407. The third-order valence-corrected chi connectivity index (χ3v) is 3.23. The first kappa shape index (κ1) is 13.3. The van der Waals surface area contributed by atoms with Gasteiger partial charge in [0.2, 0.25) is 11.8 Å². The minimum atomic E-state index is -0.440. The number of hydrogen-bond acceptors (Lipinski definition) is 4. The highest BCUT2D eigenvalue weighted by Gasteiger charge is 2.21. The number of amides is 2. The largest absolute Gasteiger partial charge is 0.354 e. The molecule has 16 heavy (non-hydrogen) atoms. The molecule has 1 saturated heterocycles. The van der Waals surface area contributed by atoms with E-state index >= 15 is 0 Å². The molecule has 1 aliphatic rings. The lowest BCUT2D eigenvalue weighted by Crippen LogP contribution is -2.52. The maximum Gasteiger partial charge on any atom is 0.237 e. The topological polar surface area (TPSA) is 84.2 Å². The van der Waals surface area contributed by atoms with Crippen LogP contribution in [0.3, 0.4) is 0 Å². The Labute approximate surface area is 99.9 Å². The van der Waals surface area contributed by atoms with Gasteiger partial charge in [0.05, 0.1) is 6.04 Å². The summed E-state index contributed by atoms with van der Waals surface area (Å²) in [5, 5.41) is 5.58. The molecule has 0 radical (unpaired) electrons.